The van der Waals surface area contributed by atoms with Crippen LogP contribution in [0.15, 0.2) is 72.8 Å². The molecule has 0 aliphatic rings. The molecule has 220 valence electrons. The van der Waals surface area contributed by atoms with Gasteiger partial charge in [-0.25, -0.2) is 8.42 Å². The number of halogens is 2. The van der Waals surface area contributed by atoms with Crippen molar-refractivity contribution < 1.29 is 22.7 Å². The maximum atomic E-state index is 14.2. The molecule has 0 aromatic heterocycles. The second-order valence-electron chi connectivity index (χ2n) is 9.76. The smallest absolute Gasteiger partial charge is 0.244 e. The molecule has 0 fully saturated rings. The van der Waals surface area contributed by atoms with Crippen molar-refractivity contribution in [2.75, 3.05) is 24.2 Å². The third-order valence-corrected chi connectivity index (χ3v) is 8.24. The van der Waals surface area contributed by atoms with E-state index in [0.717, 1.165) is 21.7 Å². The Morgan fingerprint density at radius 1 is 0.951 bits per heavy atom. The lowest BCUT2D eigenvalue weighted by Gasteiger charge is -2.34. The van der Waals surface area contributed by atoms with Crippen LogP contribution in [0.25, 0.3) is 0 Å². The Morgan fingerprint density at radius 2 is 1.59 bits per heavy atom. The summed E-state index contributed by atoms with van der Waals surface area (Å²) in [6.45, 7) is 3.31. The van der Waals surface area contributed by atoms with Gasteiger partial charge in [0.15, 0.2) is 0 Å². The Bertz CT molecular complexity index is 1440. The summed E-state index contributed by atoms with van der Waals surface area (Å²) >= 11 is 12.3. The molecule has 2 amide bonds. The van der Waals surface area contributed by atoms with Crippen molar-refractivity contribution >= 4 is 50.7 Å². The van der Waals surface area contributed by atoms with Crippen LogP contribution in [0.2, 0.25) is 10.0 Å². The standard InChI is InChI=1S/C30H35Cl2N3O5S/c1-5-21(2)33-30(37)27(17-22-9-7-6-8-10-22)34(19-23-11-13-24(31)14-12-23)29(36)20-35(41(4,38)39)26-18-25(32)15-16-28(26)40-3/h6-16,18,21,27H,5,17,19-20H2,1-4H3,(H,33,37)/t21-,27+/m1/s1. The SMILES string of the molecule is CC[C@@H](C)NC(=O)[C@H](Cc1ccccc1)N(Cc1ccc(Cl)cc1)C(=O)CN(c1cc(Cl)ccc1OC)S(C)(=O)=O. The molecule has 0 heterocycles. The molecule has 0 aliphatic heterocycles. The predicted molar refractivity (Wildman–Crippen MR) is 164 cm³/mol. The number of rotatable bonds is 13. The van der Waals surface area contributed by atoms with Crippen LogP contribution in [0.5, 0.6) is 5.75 Å². The zero-order valence-corrected chi connectivity index (χ0v) is 25.8. The van der Waals surface area contributed by atoms with E-state index in [4.69, 9.17) is 27.9 Å². The number of nitrogens with zero attached hydrogens (tertiary/aromatic N) is 2. The number of methoxy groups -OCH3 is 1. The van der Waals surface area contributed by atoms with Gasteiger partial charge >= 0.3 is 0 Å². The van der Waals surface area contributed by atoms with E-state index in [2.05, 4.69) is 5.32 Å². The van der Waals surface area contributed by atoms with E-state index >= 15 is 0 Å². The van der Waals surface area contributed by atoms with E-state index in [1.807, 2.05) is 44.2 Å². The molecular weight excluding hydrogens is 585 g/mol. The molecule has 2 atom stereocenters. The zero-order chi connectivity index (χ0) is 30.2. The minimum atomic E-state index is -3.97. The second-order valence-corrected chi connectivity index (χ2v) is 12.5. The quantitative estimate of drug-likeness (QED) is 0.279. The molecule has 1 N–H and O–H groups in total. The van der Waals surface area contributed by atoms with Crippen molar-refractivity contribution in [2.45, 2.75) is 45.3 Å². The fraction of sp³-hybridized carbons (Fsp3) is 0.333. The molecule has 0 bridgehead atoms. The van der Waals surface area contributed by atoms with E-state index in [1.54, 1.807) is 30.3 Å². The second kappa shape index (κ2) is 14.6. The number of nitrogens with one attached hydrogen (secondary N) is 1. The summed E-state index contributed by atoms with van der Waals surface area (Å²) in [5, 5.41) is 3.80. The molecular formula is C30H35Cl2N3O5S. The average Bonchev–Trinajstić information content (AvgIpc) is 2.94. The first-order chi connectivity index (χ1) is 19.4. The van der Waals surface area contributed by atoms with Crippen molar-refractivity contribution in [3.05, 3.63) is 94.0 Å². The summed E-state index contributed by atoms with van der Waals surface area (Å²) in [4.78, 5) is 29.3. The fourth-order valence-electron chi connectivity index (χ4n) is 4.23. The van der Waals surface area contributed by atoms with Gasteiger partial charge in [0.05, 0.1) is 19.1 Å². The normalized spacial score (nSPS) is 12.7. The largest absolute Gasteiger partial charge is 0.495 e. The van der Waals surface area contributed by atoms with E-state index in [9.17, 15) is 18.0 Å². The first-order valence-corrected chi connectivity index (χ1v) is 15.7. The number of anilines is 1. The monoisotopic (exact) mass is 619 g/mol. The van der Waals surface area contributed by atoms with Crippen LogP contribution < -0.4 is 14.4 Å². The maximum absolute atomic E-state index is 14.2. The topological polar surface area (TPSA) is 96.0 Å². The summed E-state index contributed by atoms with van der Waals surface area (Å²) in [6.07, 6.45) is 1.92. The Labute approximate surface area is 252 Å². The highest BCUT2D eigenvalue weighted by molar-refractivity contribution is 7.92. The molecule has 11 heteroatoms. The number of carbonyl (C=O) groups is 2. The molecule has 3 aromatic carbocycles. The van der Waals surface area contributed by atoms with Crippen LogP contribution in [0.1, 0.15) is 31.4 Å². The van der Waals surface area contributed by atoms with Gasteiger partial charge in [-0.3, -0.25) is 13.9 Å². The molecule has 0 saturated heterocycles. The summed E-state index contributed by atoms with van der Waals surface area (Å²) in [5.41, 5.74) is 1.69. The number of ether oxygens (including phenoxy) is 1. The van der Waals surface area contributed by atoms with Gasteiger partial charge in [0.2, 0.25) is 21.8 Å². The fourth-order valence-corrected chi connectivity index (χ4v) is 5.37. The Balaban J connectivity index is 2.10. The third kappa shape index (κ3) is 9.11. The summed E-state index contributed by atoms with van der Waals surface area (Å²) < 4.78 is 32.3. The van der Waals surface area contributed by atoms with Crippen LogP contribution in [-0.4, -0.2) is 57.1 Å². The van der Waals surface area contributed by atoms with E-state index in [-0.39, 0.29) is 41.4 Å². The third-order valence-electron chi connectivity index (χ3n) is 6.63. The Hall–Kier alpha value is -3.27. The lowest BCUT2D eigenvalue weighted by atomic mass is 10.0. The summed E-state index contributed by atoms with van der Waals surface area (Å²) in [5.74, 6) is -0.684. The number of hydrogen-bond donors (Lipinski definition) is 1. The van der Waals surface area contributed by atoms with Gasteiger partial charge in [-0.1, -0.05) is 72.6 Å². The van der Waals surface area contributed by atoms with Crippen LogP contribution in [0.4, 0.5) is 5.69 Å². The molecule has 0 unspecified atom stereocenters. The van der Waals surface area contributed by atoms with Crippen molar-refractivity contribution in [3.63, 3.8) is 0 Å². The lowest BCUT2D eigenvalue weighted by molar-refractivity contribution is -0.140. The van der Waals surface area contributed by atoms with E-state index < -0.39 is 28.5 Å². The van der Waals surface area contributed by atoms with Gasteiger partial charge < -0.3 is 15.0 Å². The average molecular weight is 621 g/mol. The van der Waals surface area contributed by atoms with Crippen molar-refractivity contribution in [3.8, 4) is 5.75 Å². The Kier molecular flexibility index (Phi) is 11.5. The minimum Gasteiger partial charge on any atom is -0.495 e. The first kappa shape index (κ1) is 32.2. The number of benzene rings is 3. The van der Waals surface area contributed by atoms with Crippen molar-refractivity contribution in [1.82, 2.24) is 10.2 Å². The van der Waals surface area contributed by atoms with Crippen LogP contribution in [0.3, 0.4) is 0 Å². The zero-order valence-electron chi connectivity index (χ0n) is 23.5. The molecule has 0 saturated carbocycles. The summed E-state index contributed by atoms with van der Waals surface area (Å²) in [7, 11) is -2.57. The number of carbonyl (C=O) groups excluding carboxylic acids is 2. The molecule has 0 spiro atoms. The van der Waals surface area contributed by atoms with Gasteiger partial charge in [-0.05, 0) is 54.8 Å². The van der Waals surface area contributed by atoms with Crippen molar-refractivity contribution in [2.24, 2.45) is 0 Å². The molecule has 0 aliphatic carbocycles. The predicted octanol–water partition coefficient (Wildman–Crippen LogP) is 5.32. The van der Waals surface area contributed by atoms with Gasteiger partial charge in [0.1, 0.15) is 18.3 Å². The van der Waals surface area contributed by atoms with Gasteiger partial charge in [0.25, 0.3) is 0 Å². The van der Waals surface area contributed by atoms with E-state index in [0.29, 0.717) is 11.4 Å². The van der Waals surface area contributed by atoms with Gasteiger partial charge in [-0.2, -0.15) is 0 Å². The molecule has 3 rings (SSSR count). The minimum absolute atomic E-state index is 0.0473. The lowest BCUT2D eigenvalue weighted by Crippen LogP contribution is -2.54. The Morgan fingerprint density at radius 3 is 2.17 bits per heavy atom. The van der Waals surface area contributed by atoms with Gasteiger partial charge in [-0.15, -0.1) is 0 Å². The van der Waals surface area contributed by atoms with Crippen molar-refractivity contribution in [1.29, 1.82) is 0 Å². The van der Waals surface area contributed by atoms with Crippen LogP contribution in [-0.2, 0) is 32.6 Å². The van der Waals surface area contributed by atoms with Gasteiger partial charge in [0, 0.05) is 29.1 Å². The van der Waals surface area contributed by atoms with E-state index in [1.165, 1.54) is 24.1 Å². The highest BCUT2D eigenvalue weighted by atomic mass is 35.5. The number of sulfonamides is 1. The number of hydrogen-bond acceptors (Lipinski definition) is 5. The number of amides is 2. The summed E-state index contributed by atoms with van der Waals surface area (Å²) in [6, 6.07) is 19.8. The highest BCUT2D eigenvalue weighted by Crippen LogP contribution is 2.33. The molecule has 0 radical (unpaired) electrons. The molecule has 3 aromatic rings. The maximum Gasteiger partial charge on any atom is 0.244 e. The molecule has 8 nitrogen and oxygen atoms in total. The van der Waals surface area contributed by atoms with Crippen LogP contribution >= 0.6 is 23.2 Å². The first-order valence-electron chi connectivity index (χ1n) is 13.1. The highest BCUT2D eigenvalue weighted by Gasteiger charge is 2.34. The molecule has 41 heavy (non-hydrogen) atoms. The van der Waals surface area contributed by atoms with Crippen LogP contribution in [0, 0.1) is 0 Å².